The van der Waals surface area contributed by atoms with E-state index >= 15 is 0 Å². The molecule has 0 spiro atoms. The first-order chi connectivity index (χ1) is 13.3. The van der Waals surface area contributed by atoms with Crippen LogP contribution in [0.4, 0.5) is 0 Å². The molecule has 0 fully saturated rings. The van der Waals surface area contributed by atoms with Crippen LogP contribution in [0.1, 0.15) is 5.56 Å². The van der Waals surface area contributed by atoms with Gasteiger partial charge in [-0.2, -0.15) is 0 Å². The number of aryl methyl sites for hydroxylation is 1. The first kappa shape index (κ1) is 15.8. The van der Waals surface area contributed by atoms with Crippen LogP contribution in [0.15, 0.2) is 72.8 Å². The smallest absolute Gasteiger partial charge is 0.160 e. The van der Waals surface area contributed by atoms with Gasteiger partial charge in [-0.05, 0) is 36.8 Å². The number of hydrogen-bond acceptors (Lipinski definition) is 3. The average Bonchev–Trinajstić information content (AvgIpc) is 3.01. The Kier molecular flexibility index (Phi) is 3.75. The summed E-state index contributed by atoms with van der Waals surface area (Å²) in [5.74, 6) is 0.926. The van der Waals surface area contributed by atoms with Crippen LogP contribution in [0.25, 0.3) is 33.1 Å². The quantitative estimate of drug-likeness (QED) is 0.450. The van der Waals surface area contributed by atoms with Gasteiger partial charge in [-0.1, -0.05) is 48.5 Å². The SMILES string of the molecule is Cc1ccccc1OCCn1c2ccccc2c2nc3ccccc3nc21. The molecule has 2 heterocycles. The summed E-state index contributed by atoms with van der Waals surface area (Å²) in [6.45, 7) is 3.35. The van der Waals surface area contributed by atoms with Crippen LogP contribution in [-0.4, -0.2) is 21.1 Å². The standard InChI is InChI=1S/C23H19N3O/c1-16-8-2-7-13-21(16)27-15-14-26-20-12-6-3-9-17(20)22-23(26)25-19-11-5-4-10-18(19)24-22/h2-13H,14-15H2,1H3. The largest absolute Gasteiger partial charge is 0.491 e. The second-order valence-electron chi connectivity index (χ2n) is 6.67. The number of benzene rings is 3. The second-order valence-corrected chi connectivity index (χ2v) is 6.67. The normalized spacial score (nSPS) is 11.4. The number of rotatable bonds is 4. The van der Waals surface area contributed by atoms with Crippen molar-refractivity contribution in [1.29, 1.82) is 0 Å². The minimum absolute atomic E-state index is 0.577. The van der Waals surface area contributed by atoms with Gasteiger partial charge in [0.05, 0.1) is 23.1 Å². The highest BCUT2D eigenvalue weighted by molar-refractivity contribution is 6.06. The Morgan fingerprint density at radius 3 is 2.37 bits per heavy atom. The van der Waals surface area contributed by atoms with Gasteiger partial charge in [-0.3, -0.25) is 0 Å². The highest BCUT2D eigenvalue weighted by Crippen LogP contribution is 2.28. The van der Waals surface area contributed by atoms with Crippen LogP contribution in [-0.2, 0) is 6.54 Å². The van der Waals surface area contributed by atoms with Gasteiger partial charge < -0.3 is 9.30 Å². The van der Waals surface area contributed by atoms with E-state index in [1.807, 2.05) is 48.5 Å². The van der Waals surface area contributed by atoms with Crippen molar-refractivity contribution in [3.8, 4) is 5.75 Å². The van der Waals surface area contributed by atoms with Crippen molar-refractivity contribution in [1.82, 2.24) is 14.5 Å². The van der Waals surface area contributed by atoms with Gasteiger partial charge in [0.15, 0.2) is 5.65 Å². The topological polar surface area (TPSA) is 39.9 Å². The molecule has 0 amide bonds. The molecule has 27 heavy (non-hydrogen) atoms. The molecule has 0 N–H and O–H groups in total. The second kappa shape index (κ2) is 6.40. The molecule has 132 valence electrons. The Hall–Kier alpha value is -3.40. The van der Waals surface area contributed by atoms with Crippen molar-refractivity contribution in [2.45, 2.75) is 13.5 Å². The molecule has 4 nitrogen and oxygen atoms in total. The van der Waals surface area contributed by atoms with E-state index in [9.17, 15) is 0 Å². The van der Waals surface area contributed by atoms with Crippen molar-refractivity contribution in [3.05, 3.63) is 78.4 Å². The van der Waals surface area contributed by atoms with E-state index in [1.54, 1.807) is 0 Å². The van der Waals surface area contributed by atoms with Crippen molar-refractivity contribution in [2.75, 3.05) is 6.61 Å². The van der Waals surface area contributed by atoms with E-state index in [1.165, 1.54) is 0 Å². The third kappa shape index (κ3) is 2.70. The summed E-state index contributed by atoms with van der Waals surface area (Å²) in [6.07, 6.45) is 0. The van der Waals surface area contributed by atoms with Gasteiger partial charge in [-0.15, -0.1) is 0 Å². The Labute approximate surface area is 157 Å². The molecule has 5 aromatic rings. The van der Waals surface area contributed by atoms with Crippen LogP contribution < -0.4 is 4.74 Å². The van der Waals surface area contributed by atoms with E-state index in [0.717, 1.165) is 44.4 Å². The lowest BCUT2D eigenvalue weighted by Crippen LogP contribution is -2.09. The van der Waals surface area contributed by atoms with Crippen molar-refractivity contribution >= 4 is 33.1 Å². The minimum Gasteiger partial charge on any atom is -0.491 e. The van der Waals surface area contributed by atoms with Gasteiger partial charge in [-0.25, -0.2) is 9.97 Å². The zero-order valence-electron chi connectivity index (χ0n) is 15.1. The third-order valence-corrected chi connectivity index (χ3v) is 4.92. The summed E-state index contributed by atoms with van der Waals surface area (Å²) in [5.41, 5.74) is 5.96. The molecule has 0 atom stereocenters. The fourth-order valence-electron chi connectivity index (χ4n) is 3.57. The van der Waals surface area contributed by atoms with Crippen LogP contribution in [0.5, 0.6) is 5.75 Å². The predicted octanol–water partition coefficient (Wildman–Crippen LogP) is 5.13. The zero-order valence-corrected chi connectivity index (χ0v) is 15.1. The van der Waals surface area contributed by atoms with E-state index < -0.39 is 0 Å². The van der Waals surface area contributed by atoms with Crippen LogP contribution in [0, 0.1) is 6.92 Å². The molecule has 0 saturated carbocycles. The van der Waals surface area contributed by atoms with Crippen molar-refractivity contribution < 1.29 is 4.74 Å². The molecule has 0 bridgehead atoms. The zero-order chi connectivity index (χ0) is 18.2. The van der Waals surface area contributed by atoms with Gasteiger partial charge in [0, 0.05) is 5.39 Å². The minimum atomic E-state index is 0.577. The number of hydrogen-bond donors (Lipinski definition) is 0. The van der Waals surface area contributed by atoms with E-state index in [-0.39, 0.29) is 0 Å². The molecule has 4 heteroatoms. The number of nitrogens with zero attached hydrogens (tertiary/aromatic N) is 3. The van der Waals surface area contributed by atoms with E-state index in [0.29, 0.717) is 13.2 Å². The average molecular weight is 353 g/mol. The molecule has 3 aromatic carbocycles. The Bertz CT molecular complexity index is 1270. The fourth-order valence-corrected chi connectivity index (χ4v) is 3.57. The maximum atomic E-state index is 6.03. The number of ether oxygens (including phenoxy) is 1. The first-order valence-electron chi connectivity index (χ1n) is 9.13. The highest BCUT2D eigenvalue weighted by Gasteiger charge is 2.14. The summed E-state index contributed by atoms with van der Waals surface area (Å²) in [4.78, 5) is 9.79. The lowest BCUT2D eigenvalue weighted by atomic mass is 10.2. The van der Waals surface area contributed by atoms with Crippen LogP contribution in [0.3, 0.4) is 0 Å². The summed E-state index contributed by atoms with van der Waals surface area (Å²) in [6, 6.07) is 24.4. The Balaban J connectivity index is 1.59. The third-order valence-electron chi connectivity index (χ3n) is 4.92. The Morgan fingerprint density at radius 2 is 1.52 bits per heavy atom. The lowest BCUT2D eigenvalue weighted by molar-refractivity contribution is 0.300. The number of para-hydroxylation sites is 4. The molecule has 2 aromatic heterocycles. The molecule has 0 radical (unpaired) electrons. The van der Waals surface area contributed by atoms with Gasteiger partial charge in [0.25, 0.3) is 0 Å². The maximum Gasteiger partial charge on any atom is 0.160 e. The van der Waals surface area contributed by atoms with Crippen LogP contribution in [0.2, 0.25) is 0 Å². The maximum absolute atomic E-state index is 6.03. The molecule has 0 unspecified atom stereocenters. The fraction of sp³-hybridized carbons (Fsp3) is 0.130. The van der Waals surface area contributed by atoms with Crippen molar-refractivity contribution in [2.24, 2.45) is 0 Å². The summed E-state index contributed by atoms with van der Waals surface area (Å²) in [5, 5.41) is 1.13. The summed E-state index contributed by atoms with van der Waals surface area (Å²) >= 11 is 0. The van der Waals surface area contributed by atoms with Gasteiger partial charge in [0.1, 0.15) is 17.9 Å². The summed E-state index contributed by atoms with van der Waals surface area (Å²) < 4.78 is 8.24. The number of aromatic nitrogens is 3. The molecule has 0 saturated heterocycles. The molecule has 5 rings (SSSR count). The van der Waals surface area contributed by atoms with Crippen molar-refractivity contribution in [3.63, 3.8) is 0 Å². The van der Waals surface area contributed by atoms with Gasteiger partial charge in [0.2, 0.25) is 0 Å². The molecular formula is C23H19N3O. The predicted molar refractivity (Wildman–Crippen MR) is 109 cm³/mol. The monoisotopic (exact) mass is 353 g/mol. The van der Waals surface area contributed by atoms with Crippen LogP contribution >= 0.6 is 0 Å². The molecule has 0 aliphatic carbocycles. The van der Waals surface area contributed by atoms with E-state index in [2.05, 4.69) is 35.8 Å². The highest BCUT2D eigenvalue weighted by atomic mass is 16.5. The molecule has 0 aliphatic rings. The van der Waals surface area contributed by atoms with Gasteiger partial charge >= 0.3 is 0 Å². The molecule has 0 aliphatic heterocycles. The summed E-state index contributed by atoms with van der Waals surface area (Å²) in [7, 11) is 0. The molecular weight excluding hydrogens is 334 g/mol. The first-order valence-corrected chi connectivity index (χ1v) is 9.13. The number of fused-ring (bicyclic) bond motifs is 4. The lowest BCUT2D eigenvalue weighted by Gasteiger charge is -2.11. The Morgan fingerprint density at radius 1 is 0.815 bits per heavy atom. The van der Waals surface area contributed by atoms with E-state index in [4.69, 9.17) is 14.7 Å².